The van der Waals surface area contributed by atoms with E-state index in [2.05, 4.69) is 17.0 Å². The van der Waals surface area contributed by atoms with Crippen molar-refractivity contribution in [2.45, 2.75) is 57.7 Å². The van der Waals surface area contributed by atoms with Gasteiger partial charge in [0.2, 0.25) is 0 Å². The number of nitrogens with zero attached hydrogens (tertiary/aromatic N) is 1. The van der Waals surface area contributed by atoms with Gasteiger partial charge in [-0.3, -0.25) is 4.90 Å². The van der Waals surface area contributed by atoms with E-state index in [0.29, 0.717) is 6.04 Å². The summed E-state index contributed by atoms with van der Waals surface area (Å²) in [7, 11) is 1.73. The maximum atomic E-state index is 9.73. The summed E-state index contributed by atoms with van der Waals surface area (Å²) in [5.41, 5.74) is 1.24. The zero-order valence-corrected chi connectivity index (χ0v) is 12.7. The average molecular weight is 277 g/mol. The molecule has 0 radical (unpaired) electrons. The topological polar surface area (TPSA) is 32.7 Å². The summed E-state index contributed by atoms with van der Waals surface area (Å²) in [6.07, 6.45) is 5.68. The SMILES string of the molecule is COc1ccccc1CN1CCCCCC1CC(C)O. The number of methoxy groups -OCH3 is 1. The molecule has 20 heavy (non-hydrogen) atoms. The first-order valence-corrected chi connectivity index (χ1v) is 7.74. The quantitative estimate of drug-likeness (QED) is 0.897. The molecule has 1 aliphatic rings. The number of ether oxygens (including phenoxy) is 1. The molecular formula is C17H27NO2. The van der Waals surface area contributed by atoms with Gasteiger partial charge in [0.1, 0.15) is 5.75 Å². The molecule has 0 aromatic heterocycles. The summed E-state index contributed by atoms with van der Waals surface area (Å²) < 4.78 is 5.46. The van der Waals surface area contributed by atoms with Crippen LogP contribution in [-0.2, 0) is 6.54 Å². The number of hydrogen-bond acceptors (Lipinski definition) is 3. The van der Waals surface area contributed by atoms with E-state index in [1.807, 2.05) is 19.1 Å². The fourth-order valence-electron chi connectivity index (χ4n) is 3.16. The molecule has 0 saturated carbocycles. The first-order chi connectivity index (χ1) is 9.70. The van der Waals surface area contributed by atoms with E-state index in [1.165, 1.54) is 31.2 Å². The predicted molar refractivity (Wildman–Crippen MR) is 82.0 cm³/mol. The van der Waals surface area contributed by atoms with Gasteiger partial charge in [0.05, 0.1) is 13.2 Å². The van der Waals surface area contributed by atoms with Crippen LogP contribution >= 0.6 is 0 Å². The summed E-state index contributed by atoms with van der Waals surface area (Å²) in [4.78, 5) is 2.53. The molecule has 2 atom stereocenters. The third-order valence-corrected chi connectivity index (χ3v) is 4.18. The van der Waals surface area contributed by atoms with Crippen molar-refractivity contribution >= 4 is 0 Å². The number of benzene rings is 1. The zero-order chi connectivity index (χ0) is 14.4. The van der Waals surface area contributed by atoms with Crippen molar-refractivity contribution in [1.82, 2.24) is 4.90 Å². The largest absolute Gasteiger partial charge is 0.496 e. The lowest BCUT2D eigenvalue weighted by Crippen LogP contribution is -2.36. The molecule has 0 bridgehead atoms. The van der Waals surface area contributed by atoms with Gasteiger partial charge >= 0.3 is 0 Å². The first-order valence-electron chi connectivity index (χ1n) is 7.74. The Bertz CT molecular complexity index is 406. The third kappa shape index (κ3) is 4.22. The molecule has 1 aliphatic heterocycles. The number of hydrogen-bond donors (Lipinski definition) is 1. The maximum absolute atomic E-state index is 9.73. The van der Waals surface area contributed by atoms with E-state index < -0.39 is 0 Å². The van der Waals surface area contributed by atoms with Gasteiger partial charge in [-0.2, -0.15) is 0 Å². The van der Waals surface area contributed by atoms with Crippen LogP contribution in [0.15, 0.2) is 24.3 Å². The van der Waals surface area contributed by atoms with Gasteiger partial charge in [-0.25, -0.2) is 0 Å². The molecule has 3 nitrogen and oxygen atoms in total. The van der Waals surface area contributed by atoms with E-state index >= 15 is 0 Å². The van der Waals surface area contributed by atoms with Crippen molar-refractivity contribution in [1.29, 1.82) is 0 Å². The molecule has 1 N–H and O–H groups in total. The highest BCUT2D eigenvalue weighted by atomic mass is 16.5. The van der Waals surface area contributed by atoms with E-state index in [1.54, 1.807) is 7.11 Å². The monoisotopic (exact) mass is 277 g/mol. The predicted octanol–water partition coefficient (Wildman–Crippen LogP) is 3.21. The Morgan fingerprint density at radius 3 is 2.85 bits per heavy atom. The molecule has 1 aromatic rings. The molecule has 112 valence electrons. The van der Waals surface area contributed by atoms with Gasteiger partial charge in [0.25, 0.3) is 0 Å². The number of rotatable bonds is 5. The van der Waals surface area contributed by atoms with Gasteiger partial charge in [0.15, 0.2) is 0 Å². The smallest absolute Gasteiger partial charge is 0.123 e. The molecule has 1 aromatic carbocycles. The summed E-state index contributed by atoms with van der Waals surface area (Å²) in [6, 6.07) is 8.74. The van der Waals surface area contributed by atoms with Crippen molar-refractivity contribution in [2.75, 3.05) is 13.7 Å². The van der Waals surface area contributed by atoms with E-state index in [4.69, 9.17) is 4.74 Å². The first kappa shape index (κ1) is 15.3. The van der Waals surface area contributed by atoms with Crippen molar-refractivity contribution < 1.29 is 9.84 Å². The van der Waals surface area contributed by atoms with Crippen LogP contribution in [0.5, 0.6) is 5.75 Å². The minimum Gasteiger partial charge on any atom is -0.496 e. The summed E-state index contributed by atoms with van der Waals surface area (Å²) in [6.45, 7) is 3.93. The number of aliphatic hydroxyl groups is 1. The fourth-order valence-corrected chi connectivity index (χ4v) is 3.16. The molecule has 2 unspecified atom stereocenters. The van der Waals surface area contributed by atoms with Crippen molar-refractivity contribution in [3.8, 4) is 5.75 Å². The van der Waals surface area contributed by atoms with Gasteiger partial charge in [-0.1, -0.05) is 31.0 Å². The Morgan fingerprint density at radius 2 is 2.10 bits per heavy atom. The third-order valence-electron chi connectivity index (χ3n) is 4.18. The zero-order valence-electron chi connectivity index (χ0n) is 12.7. The minimum atomic E-state index is -0.224. The van der Waals surface area contributed by atoms with Crippen LogP contribution in [0.1, 0.15) is 44.6 Å². The second kappa shape index (κ2) is 7.65. The van der Waals surface area contributed by atoms with Gasteiger partial charge in [-0.15, -0.1) is 0 Å². The second-order valence-electron chi connectivity index (χ2n) is 5.87. The van der Waals surface area contributed by atoms with Crippen LogP contribution in [0, 0.1) is 0 Å². The molecule has 3 heteroatoms. The molecule has 2 rings (SSSR count). The highest BCUT2D eigenvalue weighted by Gasteiger charge is 2.23. The highest BCUT2D eigenvalue weighted by molar-refractivity contribution is 5.33. The molecule has 1 heterocycles. The second-order valence-corrected chi connectivity index (χ2v) is 5.87. The lowest BCUT2D eigenvalue weighted by molar-refractivity contribution is 0.107. The number of para-hydroxylation sites is 1. The Morgan fingerprint density at radius 1 is 1.30 bits per heavy atom. The maximum Gasteiger partial charge on any atom is 0.123 e. The summed E-state index contributed by atoms with van der Waals surface area (Å²) >= 11 is 0. The van der Waals surface area contributed by atoms with Crippen molar-refractivity contribution in [2.24, 2.45) is 0 Å². The van der Waals surface area contributed by atoms with Gasteiger partial charge in [0, 0.05) is 18.2 Å². The van der Waals surface area contributed by atoms with Crippen LogP contribution < -0.4 is 4.74 Å². The normalized spacial score (nSPS) is 22.2. The van der Waals surface area contributed by atoms with Crippen LogP contribution in [0.4, 0.5) is 0 Å². The van der Waals surface area contributed by atoms with E-state index in [-0.39, 0.29) is 6.10 Å². The van der Waals surface area contributed by atoms with Crippen LogP contribution in [-0.4, -0.2) is 35.8 Å². The van der Waals surface area contributed by atoms with Crippen molar-refractivity contribution in [3.05, 3.63) is 29.8 Å². The Kier molecular flexibility index (Phi) is 5.86. The summed E-state index contributed by atoms with van der Waals surface area (Å²) in [5.74, 6) is 0.965. The fraction of sp³-hybridized carbons (Fsp3) is 0.647. The Balaban J connectivity index is 2.10. The van der Waals surface area contributed by atoms with E-state index in [9.17, 15) is 5.11 Å². The van der Waals surface area contributed by atoms with Crippen LogP contribution in [0.25, 0.3) is 0 Å². The number of likely N-dealkylation sites (tertiary alicyclic amines) is 1. The molecule has 0 aliphatic carbocycles. The minimum absolute atomic E-state index is 0.224. The Hall–Kier alpha value is -1.06. The van der Waals surface area contributed by atoms with Gasteiger partial charge in [-0.05, 0) is 38.8 Å². The average Bonchev–Trinajstić information content (AvgIpc) is 2.65. The molecule has 0 spiro atoms. The van der Waals surface area contributed by atoms with Gasteiger partial charge < -0.3 is 9.84 Å². The molecule has 0 amide bonds. The molecule has 1 fully saturated rings. The Labute approximate surface area is 122 Å². The lowest BCUT2D eigenvalue weighted by Gasteiger charge is -2.31. The summed E-state index contributed by atoms with van der Waals surface area (Å²) in [5, 5.41) is 9.73. The lowest BCUT2D eigenvalue weighted by atomic mass is 10.0. The van der Waals surface area contributed by atoms with E-state index in [0.717, 1.165) is 25.3 Å². The highest BCUT2D eigenvalue weighted by Crippen LogP contribution is 2.26. The standard InChI is InChI=1S/C17H27NO2/c1-14(19)12-16-9-4-3-7-11-18(16)13-15-8-5-6-10-17(15)20-2/h5-6,8,10,14,16,19H,3-4,7,9,11-13H2,1-2H3. The molecule has 1 saturated heterocycles. The molecular weight excluding hydrogens is 250 g/mol. The van der Waals surface area contributed by atoms with Crippen LogP contribution in [0.3, 0.4) is 0 Å². The van der Waals surface area contributed by atoms with Crippen LogP contribution in [0.2, 0.25) is 0 Å². The number of aliphatic hydroxyl groups excluding tert-OH is 1. The van der Waals surface area contributed by atoms with Crippen molar-refractivity contribution in [3.63, 3.8) is 0 Å².